The predicted molar refractivity (Wildman–Crippen MR) is 127 cm³/mol. The van der Waals surface area contributed by atoms with Crippen LogP contribution in [-0.4, -0.2) is 36.9 Å². The summed E-state index contributed by atoms with van der Waals surface area (Å²) in [5, 5.41) is 5.25. The van der Waals surface area contributed by atoms with E-state index in [-0.39, 0.29) is 37.6 Å². The van der Waals surface area contributed by atoms with E-state index < -0.39 is 5.97 Å². The summed E-state index contributed by atoms with van der Waals surface area (Å²) >= 11 is 1.33. The van der Waals surface area contributed by atoms with E-state index in [9.17, 15) is 14.4 Å². The number of carbonyl (C=O) groups excluding carboxylic acids is 3. The second-order valence-corrected chi connectivity index (χ2v) is 8.27. The average molecular weight is 483 g/mol. The van der Waals surface area contributed by atoms with Gasteiger partial charge in [-0.3, -0.25) is 14.4 Å². The number of amides is 1. The maximum Gasteiger partial charge on any atom is 0.306 e. The van der Waals surface area contributed by atoms with E-state index in [1.807, 2.05) is 30.3 Å². The van der Waals surface area contributed by atoms with Crippen molar-refractivity contribution in [1.29, 1.82) is 0 Å². The van der Waals surface area contributed by atoms with Crippen molar-refractivity contribution in [2.24, 2.45) is 0 Å². The topological polar surface area (TPSA) is 104 Å². The number of nitrogens with zero attached hydrogens (tertiary/aromatic N) is 1. The molecule has 0 saturated heterocycles. The number of benzene rings is 2. The molecule has 1 N–H and O–H groups in total. The fourth-order valence-electron chi connectivity index (χ4n) is 3.09. The number of ether oxygens (including phenoxy) is 3. The number of rotatable bonds is 12. The Morgan fingerprint density at radius 1 is 0.971 bits per heavy atom. The van der Waals surface area contributed by atoms with E-state index in [0.29, 0.717) is 34.3 Å². The van der Waals surface area contributed by atoms with Gasteiger partial charge in [-0.15, -0.1) is 11.3 Å². The number of aromatic nitrogens is 1. The van der Waals surface area contributed by atoms with Crippen molar-refractivity contribution in [3.63, 3.8) is 0 Å². The van der Waals surface area contributed by atoms with Gasteiger partial charge in [-0.25, -0.2) is 4.98 Å². The number of ketones is 1. The standard InChI is InChI=1S/C25H26N2O6S/c1-31-21-10-8-18(12-22(21)32-2)20(28)9-11-25(30)33-15-19-16-34-24(27-19)13-23(29)26-14-17-6-4-3-5-7-17/h3-8,10,12,16H,9,11,13-15H2,1-2H3,(H,26,29). The quantitative estimate of drug-likeness (QED) is 0.310. The summed E-state index contributed by atoms with van der Waals surface area (Å²) in [7, 11) is 3.01. The van der Waals surface area contributed by atoms with Gasteiger partial charge in [0.25, 0.3) is 0 Å². The summed E-state index contributed by atoms with van der Waals surface area (Å²) in [5.41, 5.74) is 2.02. The number of carbonyl (C=O) groups is 3. The minimum absolute atomic E-state index is 0.00842. The molecule has 3 rings (SSSR count). The Morgan fingerprint density at radius 3 is 2.47 bits per heavy atom. The second kappa shape index (κ2) is 12.5. The van der Waals surface area contributed by atoms with Crippen LogP contribution in [0.15, 0.2) is 53.9 Å². The third-order valence-corrected chi connectivity index (χ3v) is 5.78. The first-order valence-electron chi connectivity index (χ1n) is 10.6. The first kappa shape index (κ1) is 24.9. The van der Waals surface area contributed by atoms with E-state index >= 15 is 0 Å². The molecule has 0 aliphatic heterocycles. The van der Waals surface area contributed by atoms with E-state index in [1.165, 1.54) is 25.6 Å². The third-order valence-electron chi connectivity index (χ3n) is 4.89. The molecule has 3 aromatic rings. The zero-order valence-electron chi connectivity index (χ0n) is 19.0. The Hall–Kier alpha value is -3.72. The molecule has 0 atom stereocenters. The maximum atomic E-state index is 12.4. The highest BCUT2D eigenvalue weighted by Gasteiger charge is 2.14. The molecule has 34 heavy (non-hydrogen) atoms. The smallest absolute Gasteiger partial charge is 0.306 e. The third kappa shape index (κ3) is 7.41. The summed E-state index contributed by atoms with van der Waals surface area (Å²) in [6.45, 7) is 0.447. The zero-order chi connectivity index (χ0) is 24.3. The van der Waals surface area contributed by atoms with Crippen LogP contribution in [0.2, 0.25) is 0 Å². The molecular weight excluding hydrogens is 456 g/mol. The van der Waals surface area contributed by atoms with Crippen molar-refractivity contribution in [1.82, 2.24) is 10.3 Å². The van der Waals surface area contributed by atoms with E-state index in [0.717, 1.165) is 5.56 Å². The SMILES string of the molecule is COc1ccc(C(=O)CCC(=O)OCc2csc(CC(=O)NCc3ccccc3)n2)cc1OC. The minimum Gasteiger partial charge on any atom is -0.493 e. The molecule has 0 radical (unpaired) electrons. The summed E-state index contributed by atoms with van der Waals surface area (Å²) in [6.07, 6.45) is 0.121. The van der Waals surface area contributed by atoms with Crippen molar-refractivity contribution < 1.29 is 28.6 Å². The molecule has 8 nitrogen and oxygen atoms in total. The number of hydrogen-bond donors (Lipinski definition) is 1. The highest BCUT2D eigenvalue weighted by atomic mass is 32.1. The molecule has 0 unspecified atom stereocenters. The molecule has 9 heteroatoms. The fourth-order valence-corrected chi connectivity index (χ4v) is 3.87. The number of Topliss-reactive ketones (excluding diaryl/α,β-unsaturated/α-hetero) is 1. The summed E-state index contributed by atoms with van der Waals surface area (Å²) in [6, 6.07) is 14.5. The monoisotopic (exact) mass is 482 g/mol. The Kier molecular flexibility index (Phi) is 9.16. The number of methoxy groups -OCH3 is 2. The highest BCUT2D eigenvalue weighted by molar-refractivity contribution is 7.09. The minimum atomic E-state index is -0.496. The van der Waals surface area contributed by atoms with Gasteiger partial charge in [0.1, 0.15) is 11.6 Å². The van der Waals surface area contributed by atoms with Crippen molar-refractivity contribution in [3.8, 4) is 11.5 Å². The Bertz CT molecular complexity index is 1130. The molecule has 0 saturated carbocycles. The van der Waals surface area contributed by atoms with Crippen LogP contribution in [0.3, 0.4) is 0 Å². The molecule has 0 bridgehead atoms. The molecule has 1 heterocycles. The maximum absolute atomic E-state index is 12.4. The summed E-state index contributed by atoms with van der Waals surface area (Å²) in [4.78, 5) is 40.9. The lowest BCUT2D eigenvalue weighted by Gasteiger charge is -2.09. The van der Waals surface area contributed by atoms with Crippen molar-refractivity contribution in [2.45, 2.75) is 32.4 Å². The van der Waals surface area contributed by atoms with Crippen LogP contribution in [0.5, 0.6) is 11.5 Å². The number of hydrogen-bond acceptors (Lipinski definition) is 8. The van der Waals surface area contributed by atoms with Crippen LogP contribution in [0.1, 0.15) is 39.5 Å². The van der Waals surface area contributed by atoms with Crippen molar-refractivity contribution in [2.75, 3.05) is 14.2 Å². The Morgan fingerprint density at radius 2 is 1.74 bits per heavy atom. The van der Waals surface area contributed by atoms with Gasteiger partial charge in [0, 0.05) is 23.9 Å². The van der Waals surface area contributed by atoms with Crippen molar-refractivity contribution in [3.05, 3.63) is 75.7 Å². The molecule has 1 aromatic heterocycles. The first-order valence-corrected chi connectivity index (χ1v) is 11.5. The molecule has 0 fully saturated rings. The summed E-state index contributed by atoms with van der Waals surface area (Å²) in [5.74, 6) is 0.147. The van der Waals surface area contributed by atoms with Gasteiger partial charge in [-0.1, -0.05) is 30.3 Å². The highest BCUT2D eigenvalue weighted by Crippen LogP contribution is 2.28. The number of nitrogens with one attached hydrogen (secondary N) is 1. The van der Waals surface area contributed by atoms with Crippen LogP contribution >= 0.6 is 11.3 Å². The van der Waals surface area contributed by atoms with Crippen molar-refractivity contribution >= 4 is 29.0 Å². The molecule has 1 amide bonds. The van der Waals surface area contributed by atoms with Gasteiger partial charge in [0.05, 0.1) is 32.8 Å². The predicted octanol–water partition coefficient (Wildman–Crippen LogP) is 3.73. The van der Waals surface area contributed by atoms with Gasteiger partial charge in [-0.05, 0) is 23.8 Å². The number of thiazole rings is 1. The van der Waals surface area contributed by atoms with E-state index in [1.54, 1.807) is 23.6 Å². The first-order chi connectivity index (χ1) is 16.5. The molecule has 0 aliphatic rings. The average Bonchev–Trinajstić information content (AvgIpc) is 3.32. The lowest BCUT2D eigenvalue weighted by Crippen LogP contribution is -2.24. The molecule has 178 valence electrons. The fraction of sp³-hybridized carbons (Fsp3) is 0.280. The van der Waals surface area contributed by atoms with E-state index in [4.69, 9.17) is 14.2 Å². The Balaban J connectivity index is 1.39. The normalized spacial score (nSPS) is 10.4. The van der Waals surface area contributed by atoms with Crippen LogP contribution in [0, 0.1) is 0 Å². The van der Waals surface area contributed by atoms with Gasteiger partial charge in [-0.2, -0.15) is 0 Å². The van der Waals surface area contributed by atoms with Crippen LogP contribution < -0.4 is 14.8 Å². The largest absolute Gasteiger partial charge is 0.493 e. The molecule has 0 spiro atoms. The second-order valence-electron chi connectivity index (χ2n) is 7.33. The van der Waals surface area contributed by atoms with Crippen LogP contribution in [-0.2, 0) is 33.9 Å². The number of esters is 1. The lowest BCUT2D eigenvalue weighted by molar-refractivity contribution is -0.145. The van der Waals surface area contributed by atoms with Gasteiger partial charge in [0.2, 0.25) is 5.91 Å². The van der Waals surface area contributed by atoms with E-state index in [2.05, 4.69) is 10.3 Å². The lowest BCUT2D eigenvalue weighted by atomic mass is 10.1. The van der Waals surface area contributed by atoms with Crippen LogP contribution in [0.25, 0.3) is 0 Å². The molecule has 2 aromatic carbocycles. The van der Waals surface area contributed by atoms with Gasteiger partial charge >= 0.3 is 5.97 Å². The van der Waals surface area contributed by atoms with Gasteiger partial charge in [0.15, 0.2) is 17.3 Å². The Labute approximate surface area is 201 Å². The van der Waals surface area contributed by atoms with Gasteiger partial charge < -0.3 is 19.5 Å². The summed E-state index contributed by atoms with van der Waals surface area (Å²) < 4.78 is 15.6. The van der Waals surface area contributed by atoms with Crippen LogP contribution in [0.4, 0.5) is 0 Å². The zero-order valence-corrected chi connectivity index (χ0v) is 19.9. The molecular formula is C25H26N2O6S. The molecule has 0 aliphatic carbocycles.